The van der Waals surface area contributed by atoms with Gasteiger partial charge in [-0.2, -0.15) is 0 Å². The van der Waals surface area contributed by atoms with Crippen LogP contribution in [0.5, 0.6) is 5.75 Å². The van der Waals surface area contributed by atoms with Crippen molar-refractivity contribution in [2.45, 2.75) is 139 Å². The van der Waals surface area contributed by atoms with Gasteiger partial charge in [0.1, 0.15) is 11.4 Å². The molecule has 2 N–H and O–H groups in total. The Bertz CT molecular complexity index is 1320. The molecule has 0 radical (unpaired) electrons. The van der Waals surface area contributed by atoms with Gasteiger partial charge in [-0.25, -0.2) is 0 Å². The van der Waals surface area contributed by atoms with Gasteiger partial charge in [-0.1, -0.05) is 108 Å². The summed E-state index contributed by atoms with van der Waals surface area (Å²) >= 11 is 3.45. The van der Waals surface area contributed by atoms with Crippen molar-refractivity contribution in [3.8, 4) is 15.5 Å². The summed E-state index contributed by atoms with van der Waals surface area (Å²) in [5.74, 6) is 3.63. The maximum Gasteiger partial charge on any atom is 0.504 e. The molecule has 3 aliphatic heterocycles. The number of rotatable bonds is 18. The first-order valence-electron chi connectivity index (χ1n) is 20.4. The van der Waals surface area contributed by atoms with Crippen LogP contribution in [0.1, 0.15) is 139 Å². The van der Waals surface area contributed by atoms with Crippen LogP contribution < -0.4 is 14.3 Å². The Morgan fingerprint density at radius 2 is 1.06 bits per heavy atom. The zero-order valence-corrected chi connectivity index (χ0v) is 35.8. The lowest BCUT2D eigenvalue weighted by molar-refractivity contribution is -0.0145. The smallest absolute Gasteiger partial charge is 0.481 e. The standard InChI is InChI=1S/C39H64B2O7S2.C2H6/c1-27(2)11-9-13-29(5)15-17-39(18-16-30(6)14-10-12-28(3)4)31-19-33(40-44-23-37(7,21-42)24-45-40)49-35(31)36-32(48-39)20-34(50-36)41-46-25-38(8,22-43)26-47-41;1-2/h19-20,27-30,42-43H,9-18,21-26H2,1-8H3;1-2H3. The van der Waals surface area contributed by atoms with Crippen LogP contribution in [0.4, 0.5) is 0 Å². The maximum atomic E-state index is 9.93. The van der Waals surface area contributed by atoms with Crippen molar-refractivity contribution in [1.29, 1.82) is 0 Å². The predicted molar refractivity (Wildman–Crippen MR) is 220 cm³/mol. The molecule has 5 heterocycles. The number of fused-ring (bicyclic) bond motifs is 3. The molecule has 7 nitrogen and oxygen atoms in total. The molecule has 294 valence electrons. The number of aliphatic hydroxyl groups excluding tert-OH is 2. The van der Waals surface area contributed by atoms with E-state index in [0.717, 1.165) is 57.7 Å². The number of thiophene rings is 2. The molecular weight excluding hydrogens is 690 g/mol. The topological polar surface area (TPSA) is 86.6 Å². The second kappa shape index (κ2) is 19.8. The lowest BCUT2D eigenvalue weighted by atomic mass is 9.76. The van der Waals surface area contributed by atoms with E-state index in [9.17, 15) is 10.2 Å². The molecule has 2 fully saturated rings. The Balaban J connectivity index is 0.00000297. The number of hydrogen-bond acceptors (Lipinski definition) is 9. The lowest BCUT2D eigenvalue weighted by Crippen LogP contribution is -2.49. The highest BCUT2D eigenvalue weighted by Crippen LogP contribution is 2.54. The summed E-state index contributed by atoms with van der Waals surface area (Å²) in [4.78, 5) is 2.37. The van der Waals surface area contributed by atoms with Crippen molar-refractivity contribution < 1.29 is 33.6 Å². The second-order valence-corrected chi connectivity index (χ2v) is 19.8. The summed E-state index contributed by atoms with van der Waals surface area (Å²) in [5.41, 5.74) is 0.0350. The number of hydrogen-bond donors (Lipinski definition) is 2. The van der Waals surface area contributed by atoms with E-state index < -0.39 is 25.3 Å². The molecule has 52 heavy (non-hydrogen) atoms. The number of ether oxygens (including phenoxy) is 1. The highest BCUT2D eigenvalue weighted by Gasteiger charge is 2.47. The Kier molecular flexibility index (Phi) is 16.7. The minimum absolute atomic E-state index is 0.0299. The lowest BCUT2D eigenvalue weighted by Gasteiger charge is -2.39. The molecule has 0 bridgehead atoms. The third kappa shape index (κ3) is 11.3. The third-order valence-corrected chi connectivity index (χ3v) is 13.5. The fourth-order valence-corrected chi connectivity index (χ4v) is 9.81. The minimum atomic E-state index is -0.478. The molecule has 2 unspecified atom stereocenters. The van der Waals surface area contributed by atoms with Crippen LogP contribution in [0.2, 0.25) is 0 Å². The highest BCUT2D eigenvalue weighted by molar-refractivity contribution is 7.31. The van der Waals surface area contributed by atoms with Crippen molar-refractivity contribution in [3.05, 3.63) is 17.7 Å². The zero-order valence-electron chi connectivity index (χ0n) is 34.2. The summed E-state index contributed by atoms with van der Waals surface area (Å²) < 4.78 is 34.4. The number of aliphatic hydroxyl groups is 2. The van der Waals surface area contributed by atoms with Gasteiger partial charge in [-0.05, 0) is 61.5 Å². The van der Waals surface area contributed by atoms with Crippen LogP contribution in [0.3, 0.4) is 0 Å². The molecule has 2 atom stereocenters. The fourth-order valence-electron chi connectivity index (χ4n) is 7.33. The van der Waals surface area contributed by atoms with E-state index in [1.54, 1.807) is 22.7 Å². The molecular formula is C41H70B2O7S2. The molecule has 0 aliphatic carbocycles. The monoisotopic (exact) mass is 760 g/mol. The highest BCUT2D eigenvalue weighted by atomic mass is 32.1. The molecule has 2 saturated heterocycles. The van der Waals surface area contributed by atoms with Gasteiger partial charge in [-0.15, -0.1) is 22.7 Å². The first-order valence-corrected chi connectivity index (χ1v) is 22.1. The molecule has 2 aromatic heterocycles. The first kappa shape index (κ1) is 43.8. The molecule has 5 rings (SSSR count). The van der Waals surface area contributed by atoms with E-state index in [1.807, 2.05) is 27.7 Å². The SMILES string of the molecule is CC.CC(C)CCCC(C)CCC1(CCC(C)CCCC(C)C)Oc2cc(B3OCC(C)(CO)CO3)sc2-c2sc(B3OCC(C)(CO)CO3)cc21. The summed E-state index contributed by atoms with van der Waals surface area (Å²) in [7, 11) is -0.939. The van der Waals surface area contributed by atoms with E-state index in [0.29, 0.717) is 38.3 Å². The van der Waals surface area contributed by atoms with Crippen molar-refractivity contribution >= 4 is 46.5 Å². The quantitative estimate of drug-likeness (QED) is 0.147. The largest absolute Gasteiger partial charge is 0.504 e. The summed E-state index contributed by atoms with van der Waals surface area (Å²) in [5, 5.41) is 19.8. The zero-order chi connectivity index (χ0) is 38.1. The fraction of sp³-hybridized carbons (Fsp3) is 0.805. The van der Waals surface area contributed by atoms with Gasteiger partial charge in [0, 0.05) is 52.4 Å². The molecule has 0 aromatic carbocycles. The molecule has 3 aliphatic rings. The molecule has 0 spiro atoms. The van der Waals surface area contributed by atoms with Crippen molar-refractivity contribution in [1.82, 2.24) is 0 Å². The predicted octanol–water partition coefficient (Wildman–Crippen LogP) is 9.06. The van der Waals surface area contributed by atoms with Crippen molar-refractivity contribution in [3.63, 3.8) is 0 Å². The van der Waals surface area contributed by atoms with Crippen molar-refractivity contribution in [2.75, 3.05) is 39.6 Å². The Labute approximate surface area is 325 Å². The summed E-state index contributed by atoms with van der Waals surface area (Å²) in [6, 6.07) is 4.48. The van der Waals surface area contributed by atoms with Crippen LogP contribution in [-0.2, 0) is 24.2 Å². The molecule has 0 saturated carbocycles. The van der Waals surface area contributed by atoms with E-state index >= 15 is 0 Å². The summed E-state index contributed by atoms with van der Waals surface area (Å²) in [6.07, 6.45) is 11.7. The maximum absolute atomic E-state index is 9.93. The van der Waals surface area contributed by atoms with Crippen LogP contribution in [0.15, 0.2) is 12.1 Å². The van der Waals surface area contributed by atoms with Gasteiger partial charge in [0.05, 0.1) is 23.0 Å². The van der Waals surface area contributed by atoms with Gasteiger partial charge >= 0.3 is 14.2 Å². The second-order valence-electron chi connectivity index (χ2n) is 17.6. The summed E-state index contributed by atoms with van der Waals surface area (Å²) in [6.45, 7) is 24.0. The normalized spacial score (nSPS) is 22.0. The van der Waals surface area contributed by atoms with E-state index in [1.165, 1.54) is 49.0 Å². The Hall–Kier alpha value is -0.910. The van der Waals surface area contributed by atoms with E-state index in [2.05, 4.69) is 53.7 Å². The van der Waals surface area contributed by atoms with Crippen LogP contribution in [0.25, 0.3) is 9.75 Å². The van der Waals surface area contributed by atoms with E-state index in [-0.39, 0.29) is 18.6 Å². The van der Waals surface area contributed by atoms with Crippen LogP contribution in [-0.4, -0.2) is 64.1 Å². The van der Waals surface area contributed by atoms with Gasteiger partial charge in [0.15, 0.2) is 0 Å². The Morgan fingerprint density at radius 1 is 0.635 bits per heavy atom. The van der Waals surface area contributed by atoms with Gasteiger partial charge in [0.2, 0.25) is 0 Å². The van der Waals surface area contributed by atoms with Gasteiger partial charge in [0.25, 0.3) is 0 Å². The average Bonchev–Trinajstić information content (AvgIpc) is 3.77. The molecule has 2 aromatic rings. The first-order chi connectivity index (χ1) is 24.8. The van der Waals surface area contributed by atoms with Crippen LogP contribution >= 0.6 is 22.7 Å². The van der Waals surface area contributed by atoms with Gasteiger partial charge in [-0.3, -0.25) is 0 Å². The minimum Gasteiger partial charge on any atom is -0.481 e. The molecule has 11 heteroatoms. The average molecular weight is 761 g/mol. The van der Waals surface area contributed by atoms with Crippen molar-refractivity contribution in [2.24, 2.45) is 34.5 Å². The van der Waals surface area contributed by atoms with Gasteiger partial charge < -0.3 is 33.6 Å². The third-order valence-electron chi connectivity index (χ3n) is 11.1. The van der Waals surface area contributed by atoms with Crippen LogP contribution in [0, 0.1) is 34.5 Å². The molecule has 0 amide bonds. The Morgan fingerprint density at radius 3 is 1.48 bits per heavy atom. The van der Waals surface area contributed by atoms with E-state index in [4.69, 9.17) is 23.4 Å².